The van der Waals surface area contributed by atoms with Crippen molar-refractivity contribution in [2.45, 2.75) is 59.5 Å². The number of hydrogen-bond donors (Lipinski definition) is 0. The highest BCUT2D eigenvalue weighted by Crippen LogP contribution is 2.55. The molecule has 1 fully saturated rings. The van der Waals surface area contributed by atoms with E-state index in [9.17, 15) is 0 Å². The fraction of sp³-hybridized carbons (Fsp3) is 0.857. The smallest absolute Gasteiger partial charge is 0.0655 e. The van der Waals surface area contributed by atoms with Crippen molar-refractivity contribution in [3.8, 4) is 0 Å². The van der Waals surface area contributed by atoms with E-state index in [1.807, 2.05) is 7.11 Å². The Labute approximate surface area is 94.9 Å². The van der Waals surface area contributed by atoms with Crippen LogP contribution >= 0.6 is 0 Å². The molecule has 0 heterocycles. The van der Waals surface area contributed by atoms with Gasteiger partial charge >= 0.3 is 0 Å². The molecule has 0 saturated heterocycles. The van der Waals surface area contributed by atoms with Gasteiger partial charge in [-0.25, -0.2) is 0 Å². The highest BCUT2D eigenvalue weighted by Gasteiger charge is 2.50. The summed E-state index contributed by atoms with van der Waals surface area (Å²) in [6, 6.07) is 0. The number of methoxy groups -OCH3 is 1. The summed E-state index contributed by atoms with van der Waals surface area (Å²) in [5.41, 5.74) is 1.90. The summed E-state index contributed by atoms with van der Waals surface area (Å²) in [5.74, 6) is 0.683. The zero-order valence-corrected chi connectivity index (χ0v) is 11.0. The first-order valence-corrected chi connectivity index (χ1v) is 6.22. The molecular weight excluding hydrogens is 184 g/mol. The van der Waals surface area contributed by atoms with Crippen LogP contribution in [0.2, 0.25) is 0 Å². The van der Waals surface area contributed by atoms with Crippen molar-refractivity contribution in [1.82, 2.24) is 0 Å². The lowest BCUT2D eigenvalue weighted by Gasteiger charge is -2.30. The van der Waals surface area contributed by atoms with Gasteiger partial charge in [-0.3, -0.25) is 0 Å². The molecule has 1 saturated carbocycles. The van der Waals surface area contributed by atoms with Crippen molar-refractivity contribution in [3.63, 3.8) is 0 Å². The van der Waals surface area contributed by atoms with Crippen LogP contribution in [-0.4, -0.2) is 13.2 Å². The standard InChI is InChI=1S/C14H26O/c1-6-12(4)13(15-5)14(9-10-14)8-7-11(2)3/h7,12-13H,6,8-10H2,1-5H3/t12-,13+/m1/s1. The molecule has 0 aromatic carbocycles. The van der Waals surface area contributed by atoms with Crippen LogP contribution in [0, 0.1) is 11.3 Å². The lowest BCUT2D eigenvalue weighted by molar-refractivity contribution is -0.000511. The van der Waals surface area contributed by atoms with E-state index < -0.39 is 0 Å². The minimum absolute atomic E-state index is 0.457. The van der Waals surface area contributed by atoms with Gasteiger partial charge in [0, 0.05) is 12.5 Å². The first-order chi connectivity index (χ1) is 7.05. The van der Waals surface area contributed by atoms with Crippen LogP contribution in [0.15, 0.2) is 11.6 Å². The molecule has 0 aromatic rings. The molecule has 1 heteroatoms. The van der Waals surface area contributed by atoms with Crippen LogP contribution < -0.4 is 0 Å². The van der Waals surface area contributed by atoms with Gasteiger partial charge in [-0.05, 0) is 39.0 Å². The zero-order valence-electron chi connectivity index (χ0n) is 11.0. The fourth-order valence-corrected chi connectivity index (χ4v) is 2.47. The van der Waals surface area contributed by atoms with Gasteiger partial charge in [0.25, 0.3) is 0 Å². The monoisotopic (exact) mass is 210 g/mol. The summed E-state index contributed by atoms with van der Waals surface area (Å²) in [7, 11) is 1.87. The van der Waals surface area contributed by atoms with Crippen molar-refractivity contribution in [2.75, 3.05) is 7.11 Å². The normalized spacial score (nSPS) is 21.9. The molecule has 0 aliphatic heterocycles. The maximum absolute atomic E-state index is 5.73. The Morgan fingerprint density at radius 2 is 2.00 bits per heavy atom. The maximum Gasteiger partial charge on any atom is 0.0655 e. The number of allylic oxidation sites excluding steroid dienone is 2. The summed E-state index contributed by atoms with van der Waals surface area (Å²) in [4.78, 5) is 0. The molecule has 0 N–H and O–H groups in total. The second-order valence-electron chi connectivity index (χ2n) is 5.39. The van der Waals surface area contributed by atoms with Crippen molar-refractivity contribution >= 4 is 0 Å². The molecule has 2 atom stereocenters. The van der Waals surface area contributed by atoms with Crippen molar-refractivity contribution < 1.29 is 4.74 Å². The zero-order chi connectivity index (χ0) is 11.5. The third-order valence-corrected chi connectivity index (χ3v) is 3.83. The van der Waals surface area contributed by atoms with Crippen LogP contribution in [0.5, 0.6) is 0 Å². The lowest BCUT2D eigenvalue weighted by atomic mass is 9.85. The fourth-order valence-electron chi connectivity index (χ4n) is 2.47. The van der Waals surface area contributed by atoms with Crippen LogP contribution in [0.1, 0.15) is 53.4 Å². The predicted molar refractivity (Wildman–Crippen MR) is 66.0 cm³/mol. The van der Waals surface area contributed by atoms with E-state index in [1.165, 1.54) is 31.3 Å². The van der Waals surface area contributed by atoms with Crippen molar-refractivity contribution in [1.29, 1.82) is 0 Å². The van der Waals surface area contributed by atoms with Crippen LogP contribution in [-0.2, 0) is 4.74 Å². The second-order valence-corrected chi connectivity index (χ2v) is 5.39. The van der Waals surface area contributed by atoms with Crippen molar-refractivity contribution in [3.05, 3.63) is 11.6 Å². The lowest BCUT2D eigenvalue weighted by Crippen LogP contribution is -2.30. The molecule has 0 radical (unpaired) electrons. The van der Waals surface area contributed by atoms with Gasteiger partial charge in [-0.2, -0.15) is 0 Å². The Bertz CT molecular complexity index is 221. The minimum atomic E-state index is 0.457. The quantitative estimate of drug-likeness (QED) is 0.597. The Morgan fingerprint density at radius 1 is 1.40 bits per heavy atom. The number of rotatable bonds is 6. The van der Waals surface area contributed by atoms with E-state index in [0.29, 0.717) is 17.4 Å². The SMILES string of the molecule is CC[C@@H](C)[C@H](OC)C1(CC=C(C)C)CC1. The molecule has 1 aliphatic rings. The first-order valence-electron chi connectivity index (χ1n) is 6.22. The van der Waals surface area contributed by atoms with Crippen LogP contribution in [0.25, 0.3) is 0 Å². The van der Waals surface area contributed by atoms with Gasteiger partial charge in [-0.1, -0.05) is 31.9 Å². The summed E-state index contributed by atoms with van der Waals surface area (Å²) in [6.45, 7) is 8.94. The minimum Gasteiger partial charge on any atom is -0.381 e. The van der Waals surface area contributed by atoms with Gasteiger partial charge in [0.2, 0.25) is 0 Å². The van der Waals surface area contributed by atoms with Gasteiger partial charge in [0.1, 0.15) is 0 Å². The second kappa shape index (κ2) is 5.16. The van der Waals surface area contributed by atoms with E-state index in [2.05, 4.69) is 33.8 Å². The molecule has 0 unspecified atom stereocenters. The highest BCUT2D eigenvalue weighted by molar-refractivity contribution is 5.07. The third-order valence-electron chi connectivity index (χ3n) is 3.83. The molecule has 1 aliphatic carbocycles. The first kappa shape index (κ1) is 12.8. The van der Waals surface area contributed by atoms with Gasteiger partial charge < -0.3 is 4.74 Å². The topological polar surface area (TPSA) is 9.23 Å². The van der Waals surface area contributed by atoms with E-state index in [0.717, 1.165) is 0 Å². The molecule has 1 rings (SSSR count). The molecule has 0 aromatic heterocycles. The van der Waals surface area contributed by atoms with Crippen molar-refractivity contribution in [2.24, 2.45) is 11.3 Å². The summed E-state index contributed by atoms with van der Waals surface area (Å²) < 4.78 is 5.73. The molecule has 1 nitrogen and oxygen atoms in total. The Balaban J connectivity index is 2.62. The van der Waals surface area contributed by atoms with Gasteiger partial charge in [0.05, 0.1) is 6.10 Å². The average molecular weight is 210 g/mol. The summed E-state index contributed by atoms with van der Waals surface area (Å²) >= 11 is 0. The van der Waals surface area contributed by atoms with Gasteiger partial charge in [0.15, 0.2) is 0 Å². The van der Waals surface area contributed by atoms with E-state index in [4.69, 9.17) is 4.74 Å². The van der Waals surface area contributed by atoms with E-state index in [-0.39, 0.29) is 0 Å². The van der Waals surface area contributed by atoms with E-state index >= 15 is 0 Å². The Hall–Kier alpha value is -0.300. The predicted octanol–water partition coefficient (Wildman–Crippen LogP) is 4.18. The Kier molecular flexibility index (Phi) is 4.39. The summed E-state index contributed by atoms with van der Waals surface area (Å²) in [5, 5.41) is 0. The molecule has 0 bridgehead atoms. The molecular formula is C14H26O. The number of hydrogen-bond acceptors (Lipinski definition) is 1. The maximum atomic E-state index is 5.73. The van der Waals surface area contributed by atoms with Crippen LogP contribution in [0.3, 0.4) is 0 Å². The highest BCUT2D eigenvalue weighted by atomic mass is 16.5. The average Bonchev–Trinajstić information content (AvgIpc) is 2.97. The summed E-state index contributed by atoms with van der Waals surface area (Å²) in [6.07, 6.45) is 7.95. The third kappa shape index (κ3) is 3.07. The Morgan fingerprint density at radius 3 is 2.33 bits per heavy atom. The van der Waals surface area contributed by atoms with Crippen LogP contribution in [0.4, 0.5) is 0 Å². The van der Waals surface area contributed by atoms with E-state index in [1.54, 1.807) is 0 Å². The molecule has 0 amide bonds. The molecule has 15 heavy (non-hydrogen) atoms. The number of ether oxygens (including phenoxy) is 1. The largest absolute Gasteiger partial charge is 0.381 e. The van der Waals surface area contributed by atoms with Gasteiger partial charge in [-0.15, -0.1) is 0 Å². The molecule has 88 valence electrons. The molecule has 0 spiro atoms.